The molecule has 1 saturated heterocycles. The third kappa shape index (κ3) is 5.02. The van der Waals surface area contributed by atoms with E-state index >= 15 is 0 Å². The zero-order chi connectivity index (χ0) is 21.8. The number of rotatable bonds is 6. The zero-order valence-corrected chi connectivity index (χ0v) is 17.6. The quantitative estimate of drug-likeness (QED) is 0.586. The lowest BCUT2D eigenvalue weighted by atomic mass is 10.3. The third-order valence-electron chi connectivity index (χ3n) is 4.72. The van der Waals surface area contributed by atoms with Crippen LogP contribution in [0.5, 0.6) is 0 Å². The number of aromatic nitrogens is 3. The van der Waals surface area contributed by atoms with Crippen molar-refractivity contribution in [2.75, 3.05) is 36.5 Å². The van der Waals surface area contributed by atoms with Crippen LogP contribution in [-0.4, -0.2) is 52.2 Å². The molecule has 1 fully saturated rings. The molecule has 1 unspecified atom stereocenters. The summed E-state index contributed by atoms with van der Waals surface area (Å²) in [7, 11) is 0. The molecular weight excluding hydrogens is 424 g/mol. The first-order valence-corrected chi connectivity index (χ1v) is 10.7. The normalized spacial score (nSPS) is 15.0. The Morgan fingerprint density at radius 3 is 2.52 bits per heavy atom. The van der Waals surface area contributed by atoms with E-state index in [4.69, 9.17) is 4.74 Å². The second kappa shape index (κ2) is 9.44. The molecule has 2 heterocycles. The minimum Gasteiger partial charge on any atom is -0.378 e. The molecule has 1 N–H and O–H groups in total. The Balaban J connectivity index is 1.60. The van der Waals surface area contributed by atoms with Gasteiger partial charge in [0.05, 0.1) is 24.2 Å². The van der Waals surface area contributed by atoms with Gasteiger partial charge in [-0.3, -0.25) is 9.36 Å². The number of nitrogens with zero attached hydrogens (tertiary/aromatic N) is 4. The number of anilines is 2. The molecule has 2 aromatic carbocycles. The lowest BCUT2D eigenvalue weighted by Gasteiger charge is -2.28. The summed E-state index contributed by atoms with van der Waals surface area (Å²) in [6.07, 6.45) is 0. The van der Waals surface area contributed by atoms with Crippen molar-refractivity contribution in [3.63, 3.8) is 0 Å². The van der Waals surface area contributed by atoms with Crippen LogP contribution in [0, 0.1) is 11.6 Å². The Morgan fingerprint density at radius 1 is 1.10 bits per heavy atom. The van der Waals surface area contributed by atoms with Gasteiger partial charge in [0, 0.05) is 18.8 Å². The molecule has 1 aliphatic heterocycles. The van der Waals surface area contributed by atoms with E-state index in [-0.39, 0.29) is 11.7 Å². The number of carbonyl (C=O) groups excluding carboxylic acids is 1. The summed E-state index contributed by atoms with van der Waals surface area (Å²) in [6.45, 7) is 4.11. The molecule has 10 heteroatoms. The van der Waals surface area contributed by atoms with Gasteiger partial charge < -0.3 is 15.0 Å². The number of benzene rings is 2. The van der Waals surface area contributed by atoms with Gasteiger partial charge in [0.2, 0.25) is 11.9 Å². The highest BCUT2D eigenvalue weighted by Crippen LogP contribution is 2.30. The predicted octanol–water partition coefficient (Wildman–Crippen LogP) is 3.50. The number of ether oxygens (including phenoxy) is 1. The summed E-state index contributed by atoms with van der Waals surface area (Å²) in [4.78, 5) is 14.7. The zero-order valence-electron chi connectivity index (χ0n) is 16.8. The molecule has 162 valence electrons. The van der Waals surface area contributed by atoms with E-state index in [2.05, 4.69) is 15.5 Å². The van der Waals surface area contributed by atoms with E-state index < -0.39 is 11.1 Å². The van der Waals surface area contributed by atoms with Crippen LogP contribution in [0.1, 0.15) is 6.92 Å². The van der Waals surface area contributed by atoms with Crippen molar-refractivity contribution < 1.29 is 18.3 Å². The second-order valence-electron chi connectivity index (χ2n) is 6.96. The molecule has 3 aromatic rings. The molecule has 0 aliphatic carbocycles. The minimum absolute atomic E-state index is 0.308. The van der Waals surface area contributed by atoms with Gasteiger partial charge in [-0.05, 0) is 43.3 Å². The Hall–Kier alpha value is -2.98. The monoisotopic (exact) mass is 445 g/mol. The summed E-state index contributed by atoms with van der Waals surface area (Å²) >= 11 is 1.19. The van der Waals surface area contributed by atoms with E-state index in [9.17, 15) is 13.6 Å². The maximum Gasteiger partial charge on any atom is 0.237 e. The molecule has 1 atom stereocenters. The van der Waals surface area contributed by atoms with Gasteiger partial charge in [0.1, 0.15) is 11.6 Å². The first-order chi connectivity index (χ1) is 15.0. The van der Waals surface area contributed by atoms with Gasteiger partial charge in [-0.15, -0.1) is 10.2 Å². The van der Waals surface area contributed by atoms with Crippen molar-refractivity contribution in [2.24, 2.45) is 0 Å². The first kappa shape index (κ1) is 21.3. The van der Waals surface area contributed by atoms with Crippen molar-refractivity contribution >= 4 is 29.3 Å². The van der Waals surface area contributed by atoms with Crippen LogP contribution >= 0.6 is 11.8 Å². The molecule has 1 aliphatic rings. The maximum absolute atomic E-state index is 13.9. The maximum atomic E-state index is 13.9. The molecule has 1 aromatic heterocycles. The van der Waals surface area contributed by atoms with Crippen molar-refractivity contribution in [3.05, 3.63) is 60.2 Å². The van der Waals surface area contributed by atoms with Crippen LogP contribution in [0.25, 0.3) is 5.69 Å². The summed E-state index contributed by atoms with van der Waals surface area (Å²) in [5.41, 5.74) is 0.935. The number of carbonyl (C=O) groups is 1. The number of halogens is 2. The van der Waals surface area contributed by atoms with Crippen LogP contribution in [0.4, 0.5) is 20.4 Å². The highest BCUT2D eigenvalue weighted by atomic mass is 32.2. The Bertz CT molecular complexity index is 1070. The number of nitrogens with one attached hydrogen (secondary N) is 1. The fraction of sp³-hybridized carbons (Fsp3) is 0.286. The van der Waals surface area contributed by atoms with Gasteiger partial charge in [-0.2, -0.15) is 0 Å². The van der Waals surface area contributed by atoms with Gasteiger partial charge >= 0.3 is 0 Å². The van der Waals surface area contributed by atoms with Gasteiger partial charge in [0.15, 0.2) is 5.16 Å². The van der Waals surface area contributed by atoms with E-state index in [1.807, 2.05) is 4.90 Å². The number of hydrogen-bond acceptors (Lipinski definition) is 6. The molecule has 0 saturated carbocycles. The molecule has 4 rings (SSSR count). The highest BCUT2D eigenvalue weighted by molar-refractivity contribution is 8.00. The van der Waals surface area contributed by atoms with Crippen LogP contribution < -0.4 is 10.2 Å². The average Bonchev–Trinajstić information content (AvgIpc) is 3.18. The molecule has 0 bridgehead atoms. The first-order valence-electron chi connectivity index (χ1n) is 9.78. The molecule has 0 spiro atoms. The summed E-state index contributed by atoms with van der Waals surface area (Å²) in [6, 6.07) is 11.8. The van der Waals surface area contributed by atoms with Crippen molar-refractivity contribution in [2.45, 2.75) is 17.3 Å². The number of hydrogen-bond donors (Lipinski definition) is 1. The lowest BCUT2D eigenvalue weighted by molar-refractivity contribution is -0.115. The topological polar surface area (TPSA) is 72.3 Å². The lowest BCUT2D eigenvalue weighted by Crippen LogP contribution is -2.38. The smallest absolute Gasteiger partial charge is 0.237 e. The number of thioether (sulfide) groups is 1. The van der Waals surface area contributed by atoms with E-state index in [1.165, 1.54) is 42.1 Å². The van der Waals surface area contributed by atoms with Crippen LogP contribution in [0.2, 0.25) is 0 Å². The van der Waals surface area contributed by atoms with Gasteiger partial charge in [-0.1, -0.05) is 23.9 Å². The summed E-state index contributed by atoms with van der Waals surface area (Å²) < 4.78 is 34.5. The predicted molar refractivity (Wildman–Crippen MR) is 115 cm³/mol. The number of morpholine rings is 1. The fourth-order valence-corrected chi connectivity index (χ4v) is 4.03. The van der Waals surface area contributed by atoms with Crippen molar-refractivity contribution in [1.29, 1.82) is 0 Å². The second-order valence-corrected chi connectivity index (χ2v) is 8.26. The Morgan fingerprint density at radius 2 is 1.81 bits per heavy atom. The van der Waals surface area contributed by atoms with E-state index in [1.54, 1.807) is 29.7 Å². The fourth-order valence-electron chi connectivity index (χ4n) is 3.17. The van der Waals surface area contributed by atoms with Gasteiger partial charge in [-0.25, -0.2) is 8.78 Å². The number of amides is 1. The Labute approximate surface area is 182 Å². The van der Waals surface area contributed by atoms with Crippen LogP contribution in [0.15, 0.2) is 53.7 Å². The molecular formula is C21H21F2N5O2S. The van der Waals surface area contributed by atoms with E-state index in [0.717, 1.165) is 0 Å². The SMILES string of the molecule is CC(Sc1nnc(N2CCOCC2)n1-c1cccc(F)c1)C(=O)Nc1cccc(F)c1. The van der Waals surface area contributed by atoms with Gasteiger partial charge in [0.25, 0.3) is 0 Å². The van der Waals surface area contributed by atoms with Crippen molar-refractivity contribution in [3.8, 4) is 5.69 Å². The van der Waals surface area contributed by atoms with E-state index in [0.29, 0.717) is 48.8 Å². The molecule has 0 radical (unpaired) electrons. The molecule has 7 nitrogen and oxygen atoms in total. The molecule has 31 heavy (non-hydrogen) atoms. The highest BCUT2D eigenvalue weighted by Gasteiger charge is 2.25. The minimum atomic E-state index is -0.558. The standard InChI is InChI=1S/C21H21F2N5O2S/c1-14(19(29)24-17-6-2-4-15(22)12-17)31-21-26-25-20(27-8-10-30-11-9-27)28(21)18-7-3-5-16(23)13-18/h2-7,12-14H,8-11H2,1H3,(H,24,29). The summed E-state index contributed by atoms with van der Waals surface area (Å²) in [5, 5.41) is 11.2. The largest absolute Gasteiger partial charge is 0.378 e. The van der Waals surface area contributed by atoms with Crippen molar-refractivity contribution in [1.82, 2.24) is 14.8 Å². The Kier molecular flexibility index (Phi) is 6.47. The summed E-state index contributed by atoms with van der Waals surface area (Å²) in [5.74, 6) is -0.558. The third-order valence-corrected chi connectivity index (χ3v) is 5.76. The van der Waals surface area contributed by atoms with Crippen LogP contribution in [0.3, 0.4) is 0 Å². The molecule has 1 amide bonds. The van der Waals surface area contributed by atoms with Crippen LogP contribution in [-0.2, 0) is 9.53 Å². The average molecular weight is 445 g/mol.